The molecule has 90 valence electrons. The molecule has 3 N–H and O–H groups in total. The van der Waals surface area contributed by atoms with Crippen LogP contribution in [-0.2, 0) is 6.42 Å². The van der Waals surface area contributed by atoms with Gasteiger partial charge in [-0.05, 0) is 38.9 Å². The fourth-order valence-corrected chi connectivity index (χ4v) is 1.74. The zero-order valence-corrected chi connectivity index (χ0v) is 10.9. The molecule has 0 bridgehead atoms. The molecule has 0 aliphatic rings. The maximum atomic E-state index is 5.04. The van der Waals surface area contributed by atoms with Crippen LogP contribution >= 0.6 is 12.2 Å². The van der Waals surface area contributed by atoms with Crippen LogP contribution in [0.5, 0.6) is 0 Å². The molecule has 0 aliphatic carbocycles. The standard InChI is InChI=1S/C11H20N4S/c1-8(15-11(16)12-3)5-4-6-10-13-7-9(2)14-10/h7-8H,4-6H2,1-3H3,(H,13,14)(H2,12,15,16). The van der Waals surface area contributed by atoms with Crippen LogP contribution in [0.4, 0.5) is 0 Å². The summed E-state index contributed by atoms with van der Waals surface area (Å²) in [4.78, 5) is 7.51. The van der Waals surface area contributed by atoms with Gasteiger partial charge >= 0.3 is 0 Å². The fourth-order valence-electron chi connectivity index (χ4n) is 1.54. The van der Waals surface area contributed by atoms with Gasteiger partial charge in [0, 0.05) is 31.4 Å². The summed E-state index contributed by atoms with van der Waals surface area (Å²) >= 11 is 5.04. The molecule has 1 atom stereocenters. The van der Waals surface area contributed by atoms with Gasteiger partial charge in [0.15, 0.2) is 5.11 Å². The average Bonchev–Trinajstić information content (AvgIpc) is 2.64. The van der Waals surface area contributed by atoms with Gasteiger partial charge in [0.25, 0.3) is 0 Å². The highest BCUT2D eigenvalue weighted by molar-refractivity contribution is 7.80. The minimum atomic E-state index is 0.399. The van der Waals surface area contributed by atoms with Gasteiger partial charge in [-0.15, -0.1) is 0 Å². The van der Waals surface area contributed by atoms with E-state index in [2.05, 4.69) is 27.5 Å². The number of aromatic nitrogens is 2. The third-order valence-electron chi connectivity index (χ3n) is 2.41. The van der Waals surface area contributed by atoms with Crippen molar-refractivity contribution in [3.05, 3.63) is 17.7 Å². The minimum absolute atomic E-state index is 0.399. The van der Waals surface area contributed by atoms with Crippen molar-refractivity contribution >= 4 is 17.3 Å². The molecular weight excluding hydrogens is 220 g/mol. The number of rotatable bonds is 5. The first-order valence-electron chi connectivity index (χ1n) is 5.60. The maximum absolute atomic E-state index is 5.04. The molecule has 5 heteroatoms. The Morgan fingerprint density at radius 3 is 2.94 bits per heavy atom. The Morgan fingerprint density at radius 2 is 2.38 bits per heavy atom. The number of imidazole rings is 1. The lowest BCUT2D eigenvalue weighted by Crippen LogP contribution is -2.38. The summed E-state index contributed by atoms with van der Waals surface area (Å²) in [6.07, 6.45) is 5.05. The molecule has 0 aliphatic heterocycles. The predicted molar refractivity (Wildman–Crippen MR) is 70.5 cm³/mol. The van der Waals surface area contributed by atoms with Crippen molar-refractivity contribution in [2.24, 2.45) is 0 Å². The van der Waals surface area contributed by atoms with E-state index in [0.29, 0.717) is 11.2 Å². The van der Waals surface area contributed by atoms with Crippen molar-refractivity contribution in [3.8, 4) is 0 Å². The Morgan fingerprint density at radius 1 is 1.62 bits per heavy atom. The molecule has 0 aromatic carbocycles. The lowest BCUT2D eigenvalue weighted by molar-refractivity contribution is 0.569. The second kappa shape index (κ2) is 6.48. The zero-order chi connectivity index (χ0) is 12.0. The molecule has 0 spiro atoms. The highest BCUT2D eigenvalue weighted by Crippen LogP contribution is 2.03. The number of H-pyrrole nitrogens is 1. The van der Waals surface area contributed by atoms with Gasteiger partial charge in [0.2, 0.25) is 0 Å². The van der Waals surface area contributed by atoms with Crippen molar-refractivity contribution in [1.29, 1.82) is 0 Å². The molecule has 4 nitrogen and oxygen atoms in total. The van der Waals surface area contributed by atoms with Crippen LogP contribution in [0, 0.1) is 6.92 Å². The smallest absolute Gasteiger partial charge is 0.166 e. The Balaban J connectivity index is 2.17. The Kier molecular flexibility index (Phi) is 5.25. The summed E-state index contributed by atoms with van der Waals surface area (Å²) in [6.45, 7) is 4.16. The van der Waals surface area contributed by atoms with E-state index >= 15 is 0 Å². The number of aryl methyl sites for hydroxylation is 2. The second-order valence-electron chi connectivity index (χ2n) is 4.03. The van der Waals surface area contributed by atoms with Gasteiger partial charge in [-0.25, -0.2) is 4.98 Å². The first-order valence-corrected chi connectivity index (χ1v) is 6.01. The molecule has 0 amide bonds. The molecule has 0 saturated carbocycles. The Bertz CT molecular complexity index is 334. The van der Waals surface area contributed by atoms with Crippen LogP contribution in [-0.4, -0.2) is 28.2 Å². The zero-order valence-electron chi connectivity index (χ0n) is 10.1. The molecule has 1 unspecified atom stereocenters. The van der Waals surface area contributed by atoms with Crippen LogP contribution in [0.2, 0.25) is 0 Å². The number of aromatic amines is 1. The van der Waals surface area contributed by atoms with E-state index in [1.807, 2.05) is 20.2 Å². The normalized spacial score (nSPS) is 12.2. The van der Waals surface area contributed by atoms with Crippen molar-refractivity contribution in [2.45, 2.75) is 39.2 Å². The highest BCUT2D eigenvalue weighted by atomic mass is 32.1. The minimum Gasteiger partial charge on any atom is -0.366 e. The molecule has 16 heavy (non-hydrogen) atoms. The summed E-state index contributed by atoms with van der Waals surface area (Å²) < 4.78 is 0. The third kappa shape index (κ3) is 4.61. The maximum Gasteiger partial charge on any atom is 0.166 e. The van der Waals surface area contributed by atoms with Gasteiger partial charge in [-0.3, -0.25) is 0 Å². The van der Waals surface area contributed by atoms with E-state index in [0.717, 1.165) is 30.8 Å². The monoisotopic (exact) mass is 240 g/mol. The van der Waals surface area contributed by atoms with E-state index < -0.39 is 0 Å². The van der Waals surface area contributed by atoms with Gasteiger partial charge in [-0.1, -0.05) is 0 Å². The van der Waals surface area contributed by atoms with Crippen molar-refractivity contribution < 1.29 is 0 Å². The fraction of sp³-hybridized carbons (Fsp3) is 0.636. The van der Waals surface area contributed by atoms with Crippen molar-refractivity contribution in [3.63, 3.8) is 0 Å². The molecule has 1 rings (SSSR count). The number of hydrogen-bond donors (Lipinski definition) is 3. The number of nitrogens with zero attached hydrogens (tertiary/aromatic N) is 1. The first kappa shape index (κ1) is 13.0. The molecule has 0 radical (unpaired) electrons. The SMILES string of the molecule is CNC(=S)NC(C)CCCc1ncc(C)[nH]1. The van der Waals surface area contributed by atoms with Crippen LogP contribution in [0.25, 0.3) is 0 Å². The van der Waals surface area contributed by atoms with Crippen LogP contribution in [0.15, 0.2) is 6.20 Å². The third-order valence-corrected chi connectivity index (χ3v) is 2.73. The van der Waals surface area contributed by atoms with Gasteiger partial charge in [0.1, 0.15) is 5.82 Å². The molecule has 0 fully saturated rings. The number of nitrogens with one attached hydrogen (secondary N) is 3. The molecule has 0 saturated heterocycles. The first-order chi connectivity index (χ1) is 7.61. The van der Waals surface area contributed by atoms with Crippen LogP contribution in [0.1, 0.15) is 31.3 Å². The van der Waals surface area contributed by atoms with E-state index in [1.165, 1.54) is 0 Å². The molecule has 1 aromatic heterocycles. The summed E-state index contributed by atoms with van der Waals surface area (Å²) in [5.74, 6) is 1.07. The lowest BCUT2D eigenvalue weighted by Gasteiger charge is -2.14. The van der Waals surface area contributed by atoms with Crippen molar-refractivity contribution in [1.82, 2.24) is 20.6 Å². The Labute approximate surface area is 102 Å². The topological polar surface area (TPSA) is 52.7 Å². The predicted octanol–water partition coefficient (Wildman–Crippen LogP) is 1.52. The summed E-state index contributed by atoms with van der Waals surface area (Å²) in [5.41, 5.74) is 1.12. The van der Waals surface area contributed by atoms with Crippen LogP contribution in [0.3, 0.4) is 0 Å². The summed E-state index contributed by atoms with van der Waals surface area (Å²) in [6, 6.07) is 0.399. The molecule has 1 heterocycles. The van der Waals surface area contributed by atoms with E-state index in [-0.39, 0.29) is 0 Å². The van der Waals surface area contributed by atoms with E-state index in [4.69, 9.17) is 12.2 Å². The van der Waals surface area contributed by atoms with Gasteiger partial charge < -0.3 is 15.6 Å². The Hall–Kier alpha value is -1.10. The number of thiocarbonyl (C=S) groups is 1. The van der Waals surface area contributed by atoms with E-state index in [1.54, 1.807) is 0 Å². The number of hydrogen-bond acceptors (Lipinski definition) is 2. The second-order valence-corrected chi connectivity index (χ2v) is 4.44. The summed E-state index contributed by atoms with van der Waals surface area (Å²) in [5, 5.41) is 6.83. The molecule has 1 aromatic rings. The van der Waals surface area contributed by atoms with Crippen LogP contribution < -0.4 is 10.6 Å². The summed E-state index contributed by atoms with van der Waals surface area (Å²) in [7, 11) is 1.83. The quantitative estimate of drug-likeness (QED) is 0.683. The lowest BCUT2D eigenvalue weighted by atomic mass is 10.1. The van der Waals surface area contributed by atoms with Gasteiger partial charge in [-0.2, -0.15) is 0 Å². The van der Waals surface area contributed by atoms with Crippen molar-refractivity contribution in [2.75, 3.05) is 7.05 Å². The van der Waals surface area contributed by atoms with E-state index in [9.17, 15) is 0 Å². The largest absolute Gasteiger partial charge is 0.366 e. The highest BCUT2D eigenvalue weighted by Gasteiger charge is 2.04. The average molecular weight is 240 g/mol. The van der Waals surface area contributed by atoms with Gasteiger partial charge in [0.05, 0.1) is 0 Å². The molecular formula is C11H20N4S.